The molecule has 1 amide bonds. The Morgan fingerprint density at radius 1 is 1.17 bits per heavy atom. The fraction of sp³-hybridized carbons (Fsp3) is 0.636. The van der Waals surface area contributed by atoms with E-state index in [0.29, 0.717) is 25.2 Å². The number of morpholine rings is 1. The van der Waals surface area contributed by atoms with Gasteiger partial charge in [0.2, 0.25) is 0 Å². The molecule has 7 nitrogen and oxygen atoms in total. The first-order chi connectivity index (χ1) is 14.0. The summed E-state index contributed by atoms with van der Waals surface area (Å²) in [5.41, 5.74) is 1.77. The number of carbonyl (C=O) groups is 1. The molecule has 1 aromatic rings. The highest BCUT2D eigenvalue weighted by Crippen LogP contribution is 2.15. The average molecular weight is 532 g/mol. The third kappa shape index (κ3) is 9.18. The number of ether oxygens (including phenoxy) is 2. The molecular weight excluding hydrogens is 495 g/mol. The second-order valence-corrected chi connectivity index (χ2v) is 7.34. The predicted molar refractivity (Wildman–Crippen MR) is 132 cm³/mol. The van der Waals surface area contributed by atoms with Gasteiger partial charge in [-0.1, -0.05) is 12.1 Å². The van der Waals surface area contributed by atoms with E-state index in [0.717, 1.165) is 44.2 Å². The minimum absolute atomic E-state index is 0. The van der Waals surface area contributed by atoms with Crippen LogP contribution in [0, 0.1) is 0 Å². The van der Waals surface area contributed by atoms with Crippen LogP contribution in [0.25, 0.3) is 0 Å². The molecule has 8 heteroatoms. The summed E-state index contributed by atoms with van der Waals surface area (Å²) >= 11 is 0. The summed E-state index contributed by atoms with van der Waals surface area (Å²) < 4.78 is 11.1. The number of nitrogens with one attached hydrogen (secondary N) is 2. The molecule has 170 valence electrons. The molecule has 0 spiro atoms. The highest BCUT2D eigenvalue weighted by Gasteiger charge is 2.26. The number of rotatable bonds is 9. The van der Waals surface area contributed by atoms with Gasteiger partial charge in [-0.05, 0) is 51.8 Å². The molecule has 0 aromatic heterocycles. The van der Waals surface area contributed by atoms with Crippen molar-refractivity contribution >= 4 is 35.8 Å². The standard InChI is InChI=1S/C22H36N4O3.HI/c1-5-23-22(24-12-7-13-28-6-2)25-14-19-8-10-20(11-9-19)21(27)26-15-17(3)29-18(4)16-26;/h8-11,17-18H,5-7,12-16H2,1-4H3,(H2,23,24,25);1H. The largest absolute Gasteiger partial charge is 0.382 e. The zero-order valence-electron chi connectivity index (χ0n) is 18.6. The Bertz CT molecular complexity index is 644. The smallest absolute Gasteiger partial charge is 0.254 e. The monoisotopic (exact) mass is 532 g/mol. The number of amides is 1. The Kier molecular flexibility index (Phi) is 13.0. The molecule has 2 rings (SSSR count). The van der Waals surface area contributed by atoms with Gasteiger partial charge in [-0.3, -0.25) is 4.79 Å². The Morgan fingerprint density at radius 3 is 2.43 bits per heavy atom. The van der Waals surface area contributed by atoms with Gasteiger partial charge in [-0.25, -0.2) is 4.99 Å². The molecule has 0 bridgehead atoms. The first kappa shape index (κ1) is 26.6. The van der Waals surface area contributed by atoms with Crippen LogP contribution in [-0.4, -0.2) is 68.4 Å². The molecule has 2 unspecified atom stereocenters. The molecule has 0 aliphatic carbocycles. The number of benzene rings is 1. The van der Waals surface area contributed by atoms with Crippen LogP contribution in [0.15, 0.2) is 29.3 Å². The highest BCUT2D eigenvalue weighted by atomic mass is 127. The lowest BCUT2D eigenvalue weighted by Crippen LogP contribution is -2.48. The lowest BCUT2D eigenvalue weighted by Gasteiger charge is -2.35. The van der Waals surface area contributed by atoms with Crippen LogP contribution in [-0.2, 0) is 16.0 Å². The van der Waals surface area contributed by atoms with Gasteiger partial charge < -0.3 is 25.0 Å². The van der Waals surface area contributed by atoms with Crippen molar-refractivity contribution in [2.45, 2.75) is 52.9 Å². The predicted octanol–water partition coefficient (Wildman–Crippen LogP) is 3.04. The van der Waals surface area contributed by atoms with Gasteiger partial charge in [-0.2, -0.15) is 0 Å². The van der Waals surface area contributed by atoms with E-state index in [1.54, 1.807) is 0 Å². The van der Waals surface area contributed by atoms with Gasteiger partial charge in [0, 0.05) is 45.0 Å². The molecule has 0 radical (unpaired) electrons. The minimum Gasteiger partial charge on any atom is -0.382 e. The second-order valence-electron chi connectivity index (χ2n) is 7.34. The van der Waals surface area contributed by atoms with Crippen molar-refractivity contribution in [3.05, 3.63) is 35.4 Å². The van der Waals surface area contributed by atoms with Crippen LogP contribution in [0.1, 0.15) is 50.0 Å². The molecule has 2 N–H and O–H groups in total. The van der Waals surface area contributed by atoms with Crippen LogP contribution in [0.4, 0.5) is 0 Å². The molecule has 0 saturated carbocycles. The highest BCUT2D eigenvalue weighted by molar-refractivity contribution is 14.0. The molecule has 1 saturated heterocycles. The fourth-order valence-electron chi connectivity index (χ4n) is 3.32. The van der Waals surface area contributed by atoms with Gasteiger partial charge in [-0.15, -0.1) is 24.0 Å². The molecule has 30 heavy (non-hydrogen) atoms. The van der Waals surface area contributed by atoms with Crippen LogP contribution in [0.3, 0.4) is 0 Å². The summed E-state index contributed by atoms with van der Waals surface area (Å²) in [7, 11) is 0. The minimum atomic E-state index is 0. The van der Waals surface area contributed by atoms with E-state index in [1.807, 2.05) is 56.9 Å². The number of guanidine groups is 1. The lowest BCUT2D eigenvalue weighted by atomic mass is 10.1. The van der Waals surface area contributed by atoms with Crippen molar-refractivity contribution in [3.8, 4) is 0 Å². The first-order valence-corrected chi connectivity index (χ1v) is 10.7. The summed E-state index contributed by atoms with van der Waals surface area (Å²) in [5.74, 6) is 0.854. The van der Waals surface area contributed by atoms with E-state index in [1.165, 1.54) is 0 Å². The zero-order chi connectivity index (χ0) is 21.1. The van der Waals surface area contributed by atoms with E-state index in [4.69, 9.17) is 9.47 Å². The van der Waals surface area contributed by atoms with Crippen molar-refractivity contribution in [1.29, 1.82) is 0 Å². The van der Waals surface area contributed by atoms with Gasteiger partial charge in [0.1, 0.15) is 0 Å². The number of aliphatic imine (C=N–C) groups is 1. The Labute approximate surface area is 198 Å². The van der Waals surface area contributed by atoms with E-state index in [-0.39, 0.29) is 42.1 Å². The van der Waals surface area contributed by atoms with Gasteiger partial charge in [0.05, 0.1) is 18.8 Å². The SMILES string of the molecule is CCNC(=NCc1ccc(C(=O)N2CC(C)OC(C)C2)cc1)NCCCOCC.I. The zero-order valence-corrected chi connectivity index (χ0v) is 21.0. The van der Waals surface area contributed by atoms with Crippen LogP contribution in [0.2, 0.25) is 0 Å². The third-order valence-corrected chi connectivity index (χ3v) is 4.63. The van der Waals surface area contributed by atoms with E-state index in [9.17, 15) is 4.79 Å². The van der Waals surface area contributed by atoms with Crippen LogP contribution < -0.4 is 10.6 Å². The summed E-state index contributed by atoms with van der Waals surface area (Å²) in [5, 5.41) is 6.57. The third-order valence-electron chi connectivity index (χ3n) is 4.63. The van der Waals surface area contributed by atoms with Gasteiger partial charge in [0.15, 0.2) is 5.96 Å². The van der Waals surface area contributed by atoms with Gasteiger partial charge >= 0.3 is 0 Å². The average Bonchev–Trinajstić information content (AvgIpc) is 2.71. The van der Waals surface area contributed by atoms with Gasteiger partial charge in [0.25, 0.3) is 5.91 Å². The summed E-state index contributed by atoms with van der Waals surface area (Å²) in [6, 6.07) is 7.73. The molecule has 1 aromatic carbocycles. The number of halogens is 1. The molecule has 1 heterocycles. The summed E-state index contributed by atoms with van der Waals surface area (Å²) in [6.45, 7) is 13.0. The molecule has 1 fully saturated rings. The number of hydrogen-bond donors (Lipinski definition) is 2. The van der Waals surface area contributed by atoms with E-state index in [2.05, 4.69) is 15.6 Å². The summed E-state index contributed by atoms with van der Waals surface area (Å²) in [6.07, 6.45) is 1.08. The topological polar surface area (TPSA) is 75.2 Å². The maximum Gasteiger partial charge on any atom is 0.254 e. The van der Waals surface area contributed by atoms with Crippen LogP contribution >= 0.6 is 24.0 Å². The van der Waals surface area contributed by atoms with Crippen molar-refractivity contribution in [3.63, 3.8) is 0 Å². The summed E-state index contributed by atoms with van der Waals surface area (Å²) in [4.78, 5) is 19.3. The number of nitrogens with zero attached hydrogens (tertiary/aromatic N) is 2. The van der Waals surface area contributed by atoms with Crippen molar-refractivity contribution in [2.24, 2.45) is 4.99 Å². The van der Waals surface area contributed by atoms with Crippen LogP contribution in [0.5, 0.6) is 0 Å². The first-order valence-electron chi connectivity index (χ1n) is 10.7. The van der Waals surface area contributed by atoms with Crippen molar-refractivity contribution in [2.75, 3.05) is 39.4 Å². The fourth-order valence-corrected chi connectivity index (χ4v) is 3.32. The quantitative estimate of drug-likeness (QED) is 0.222. The molecule has 1 aliphatic rings. The maximum atomic E-state index is 12.8. The number of hydrogen-bond acceptors (Lipinski definition) is 4. The van der Waals surface area contributed by atoms with Crippen molar-refractivity contribution < 1.29 is 14.3 Å². The Hall–Kier alpha value is -1.39. The number of carbonyl (C=O) groups excluding carboxylic acids is 1. The normalized spacial score (nSPS) is 19.2. The van der Waals surface area contributed by atoms with E-state index < -0.39 is 0 Å². The maximum absolute atomic E-state index is 12.8. The molecule has 2 atom stereocenters. The Morgan fingerprint density at radius 2 is 1.83 bits per heavy atom. The molecule has 1 aliphatic heterocycles. The lowest BCUT2D eigenvalue weighted by molar-refractivity contribution is -0.0586. The second kappa shape index (κ2) is 14.6. The van der Waals surface area contributed by atoms with E-state index >= 15 is 0 Å². The van der Waals surface area contributed by atoms with Crippen molar-refractivity contribution in [1.82, 2.24) is 15.5 Å². The Balaban J connectivity index is 0.00000450. The molecular formula is C22H37IN4O3.